The average Bonchev–Trinajstić information content (AvgIpc) is 2.77. The van der Waals surface area contributed by atoms with E-state index in [1.807, 2.05) is 12.1 Å². The van der Waals surface area contributed by atoms with Gasteiger partial charge in [-0.15, -0.1) is 23.5 Å². The molecule has 0 radical (unpaired) electrons. The highest BCUT2D eigenvalue weighted by Gasteiger charge is 2.26. The largest absolute Gasteiger partial charge is 0.389 e. The van der Waals surface area contributed by atoms with Crippen LogP contribution < -0.4 is 0 Å². The lowest BCUT2D eigenvalue weighted by Gasteiger charge is -2.26. The fraction of sp³-hybridized carbons (Fsp3) is 0.370. The number of aliphatic hydroxyl groups is 1. The Balaban J connectivity index is 2.21. The number of thioether (sulfide) groups is 2. The number of aliphatic hydroxyl groups excluding tert-OH is 1. The van der Waals surface area contributed by atoms with Gasteiger partial charge >= 0.3 is 0 Å². The van der Waals surface area contributed by atoms with Crippen LogP contribution in [0.2, 0.25) is 0 Å². The number of nitrogens with zero attached hydrogens (tertiary/aromatic N) is 1. The Morgan fingerprint density at radius 1 is 0.844 bits per heavy atom. The summed E-state index contributed by atoms with van der Waals surface area (Å²) in [4.78, 5) is 7.51. The highest BCUT2D eigenvalue weighted by Crippen LogP contribution is 2.41. The lowest BCUT2D eigenvalue weighted by Crippen LogP contribution is -2.13. The molecule has 1 N–H and O–H groups in total. The van der Waals surface area contributed by atoms with Crippen molar-refractivity contribution in [3.63, 3.8) is 0 Å². The van der Waals surface area contributed by atoms with Crippen molar-refractivity contribution >= 4 is 23.5 Å². The zero-order chi connectivity index (χ0) is 23.4. The third-order valence-electron chi connectivity index (χ3n) is 5.48. The third kappa shape index (κ3) is 5.56. The van der Waals surface area contributed by atoms with Crippen molar-refractivity contribution in [1.82, 2.24) is 4.98 Å². The molecular weight excluding hydrogens is 437 g/mol. The lowest BCUT2D eigenvalue weighted by atomic mass is 9.86. The zero-order valence-corrected chi connectivity index (χ0v) is 21.3. The van der Waals surface area contributed by atoms with Gasteiger partial charge in [0.2, 0.25) is 0 Å². The van der Waals surface area contributed by atoms with Gasteiger partial charge in [-0.1, -0.05) is 39.8 Å². The summed E-state index contributed by atoms with van der Waals surface area (Å²) in [5, 5.41) is 10.8. The Morgan fingerprint density at radius 2 is 1.41 bits per heavy atom. The minimum atomic E-state index is -0.675. The van der Waals surface area contributed by atoms with E-state index in [2.05, 4.69) is 58.2 Å². The van der Waals surface area contributed by atoms with Gasteiger partial charge in [-0.25, -0.2) is 4.39 Å². The molecule has 1 unspecified atom stereocenters. The van der Waals surface area contributed by atoms with Crippen LogP contribution >= 0.6 is 23.5 Å². The van der Waals surface area contributed by atoms with Crippen LogP contribution in [0.15, 0.2) is 58.3 Å². The molecule has 1 heterocycles. The number of rotatable bonds is 8. The maximum atomic E-state index is 13.7. The van der Waals surface area contributed by atoms with Crippen molar-refractivity contribution in [2.24, 2.45) is 0 Å². The summed E-state index contributed by atoms with van der Waals surface area (Å²) >= 11 is 3.50. The van der Waals surface area contributed by atoms with Crippen molar-refractivity contribution in [1.29, 1.82) is 0 Å². The van der Waals surface area contributed by atoms with Crippen molar-refractivity contribution in [3.05, 3.63) is 76.9 Å². The van der Waals surface area contributed by atoms with Crippen molar-refractivity contribution in [3.8, 4) is 11.1 Å². The van der Waals surface area contributed by atoms with E-state index in [-0.39, 0.29) is 17.7 Å². The van der Waals surface area contributed by atoms with Gasteiger partial charge in [0.1, 0.15) is 5.82 Å². The Labute approximate surface area is 200 Å². The second kappa shape index (κ2) is 10.9. The molecule has 3 aromatic rings. The minimum absolute atomic E-state index is 0.164. The van der Waals surface area contributed by atoms with Gasteiger partial charge in [0.25, 0.3) is 0 Å². The lowest BCUT2D eigenvalue weighted by molar-refractivity contribution is 0.197. The third-order valence-corrected chi connectivity index (χ3v) is 7.27. The van der Waals surface area contributed by atoms with E-state index in [9.17, 15) is 9.50 Å². The molecule has 0 aliphatic heterocycles. The quantitative estimate of drug-likeness (QED) is 0.337. The first-order valence-electron chi connectivity index (χ1n) is 11.0. The standard InChI is InChI=1S/C27H32FNOS2/c1-16(2)26-23(15-32-22-13-11-21(31-6)12-14-22)25(19-7-9-20(28)10-8-19)24(18(5)30)27(29-26)17(3)4/h7-14,16-18,30H,15H2,1-6H3. The summed E-state index contributed by atoms with van der Waals surface area (Å²) in [7, 11) is 0. The second-order valence-corrected chi connectivity index (χ2v) is 10.5. The van der Waals surface area contributed by atoms with Crippen LogP contribution in [0.4, 0.5) is 4.39 Å². The molecule has 0 saturated carbocycles. The van der Waals surface area contributed by atoms with Crippen LogP contribution in [0.25, 0.3) is 11.1 Å². The summed E-state index contributed by atoms with van der Waals surface area (Å²) in [5.74, 6) is 0.852. The van der Waals surface area contributed by atoms with Crippen LogP contribution in [0.5, 0.6) is 0 Å². The first-order chi connectivity index (χ1) is 15.2. The van der Waals surface area contributed by atoms with Gasteiger partial charge in [0, 0.05) is 32.5 Å². The van der Waals surface area contributed by atoms with E-state index < -0.39 is 6.10 Å². The van der Waals surface area contributed by atoms with Gasteiger partial charge in [-0.05, 0) is 78.1 Å². The van der Waals surface area contributed by atoms with E-state index in [1.165, 1.54) is 21.9 Å². The molecule has 0 aliphatic carbocycles. The molecule has 2 aromatic carbocycles. The summed E-state index contributed by atoms with van der Waals surface area (Å²) in [6.07, 6.45) is 1.40. The fourth-order valence-electron chi connectivity index (χ4n) is 3.94. The normalized spacial score (nSPS) is 12.6. The van der Waals surface area contributed by atoms with E-state index in [0.29, 0.717) is 0 Å². The molecule has 3 rings (SSSR count). The van der Waals surface area contributed by atoms with Crippen LogP contribution in [-0.2, 0) is 5.75 Å². The summed E-state index contributed by atoms with van der Waals surface area (Å²) in [5.41, 5.74) is 5.85. The predicted molar refractivity (Wildman–Crippen MR) is 136 cm³/mol. The number of hydrogen-bond acceptors (Lipinski definition) is 4. The molecule has 1 aromatic heterocycles. The molecule has 0 amide bonds. The van der Waals surface area contributed by atoms with Gasteiger partial charge in [-0.3, -0.25) is 4.98 Å². The van der Waals surface area contributed by atoms with E-state index in [0.717, 1.165) is 39.4 Å². The topological polar surface area (TPSA) is 33.1 Å². The van der Waals surface area contributed by atoms with Crippen LogP contribution in [0.1, 0.15) is 75.1 Å². The summed E-state index contributed by atoms with van der Waals surface area (Å²) in [6, 6.07) is 15.2. The Morgan fingerprint density at radius 3 is 1.91 bits per heavy atom. The zero-order valence-electron chi connectivity index (χ0n) is 19.6. The molecule has 5 heteroatoms. The SMILES string of the molecule is CSc1ccc(SCc2c(C(C)C)nc(C(C)C)c(C(C)O)c2-c2ccc(F)cc2)cc1. The highest BCUT2D eigenvalue weighted by atomic mass is 32.2. The monoisotopic (exact) mass is 469 g/mol. The molecular formula is C27H32FNOS2. The Hall–Kier alpha value is -1.82. The molecule has 170 valence electrons. The maximum Gasteiger partial charge on any atom is 0.123 e. The van der Waals surface area contributed by atoms with Gasteiger partial charge in [0.15, 0.2) is 0 Å². The molecule has 0 spiro atoms. The second-order valence-electron chi connectivity index (χ2n) is 8.61. The smallest absolute Gasteiger partial charge is 0.123 e. The number of benzene rings is 2. The molecule has 32 heavy (non-hydrogen) atoms. The molecule has 2 nitrogen and oxygen atoms in total. The van der Waals surface area contributed by atoms with Crippen molar-refractivity contribution < 1.29 is 9.50 Å². The highest BCUT2D eigenvalue weighted by molar-refractivity contribution is 7.99. The van der Waals surface area contributed by atoms with Gasteiger partial charge in [-0.2, -0.15) is 0 Å². The Bertz CT molecular complexity index is 1040. The van der Waals surface area contributed by atoms with Crippen molar-refractivity contribution in [2.45, 2.75) is 68.1 Å². The van der Waals surface area contributed by atoms with Crippen LogP contribution in [0.3, 0.4) is 0 Å². The van der Waals surface area contributed by atoms with Gasteiger partial charge < -0.3 is 5.11 Å². The molecule has 1 atom stereocenters. The minimum Gasteiger partial charge on any atom is -0.389 e. The van der Waals surface area contributed by atoms with E-state index in [1.54, 1.807) is 30.4 Å². The first kappa shape index (κ1) is 24.8. The van der Waals surface area contributed by atoms with E-state index >= 15 is 0 Å². The molecule has 0 fully saturated rings. The molecule has 0 saturated heterocycles. The molecule has 0 aliphatic rings. The number of pyridine rings is 1. The average molecular weight is 470 g/mol. The van der Waals surface area contributed by atoms with Crippen LogP contribution in [-0.4, -0.2) is 16.3 Å². The predicted octanol–water partition coefficient (Wildman–Crippen LogP) is 8.20. The molecule has 0 bridgehead atoms. The summed E-state index contributed by atoms with van der Waals surface area (Å²) < 4.78 is 13.7. The van der Waals surface area contributed by atoms with Gasteiger partial charge in [0.05, 0.1) is 6.10 Å². The number of hydrogen-bond donors (Lipinski definition) is 1. The number of aromatic nitrogens is 1. The summed E-state index contributed by atoms with van der Waals surface area (Å²) in [6.45, 7) is 10.3. The van der Waals surface area contributed by atoms with Crippen LogP contribution in [0, 0.1) is 5.82 Å². The fourth-order valence-corrected chi connectivity index (χ4v) is 5.28. The Kier molecular flexibility index (Phi) is 8.43. The van der Waals surface area contributed by atoms with Crippen molar-refractivity contribution in [2.75, 3.05) is 6.26 Å². The number of halogens is 1. The first-order valence-corrected chi connectivity index (χ1v) is 13.2. The van der Waals surface area contributed by atoms with E-state index in [4.69, 9.17) is 4.98 Å². The maximum absolute atomic E-state index is 13.7.